The molecule has 1 unspecified atom stereocenters. The first-order valence-electron chi connectivity index (χ1n) is 11.2. The van der Waals surface area contributed by atoms with Gasteiger partial charge < -0.3 is 10.1 Å². The highest BCUT2D eigenvalue weighted by molar-refractivity contribution is 5.92. The Bertz CT molecular complexity index is 1100. The van der Waals surface area contributed by atoms with Gasteiger partial charge in [0.15, 0.2) is 0 Å². The molecule has 2 heterocycles. The highest BCUT2D eigenvalue weighted by atomic mass is 19.1. The molecule has 172 valence electrons. The molecule has 3 aromatic rings. The minimum atomic E-state index is -0.270. The van der Waals surface area contributed by atoms with Crippen molar-refractivity contribution >= 4 is 12.0 Å². The average molecular weight is 449 g/mol. The van der Waals surface area contributed by atoms with E-state index in [-0.39, 0.29) is 17.8 Å². The molecule has 1 atom stereocenters. The third-order valence-electron chi connectivity index (χ3n) is 5.96. The molecule has 0 saturated carbocycles. The molecule has 1 aliphatic heterocycles. The van der Waals surface area contributed by atoms with E-state index in [0.717, 1.165) is 41.3 Å². The molecule has 0 aliphatic carbocycles. The number of rotatable bonds is 7. The molecule has 7 heteroatoms. The summed E-state index contributed by atoms with van der Waals surface area (Å²) >= 11 is 0. The fourth-order valence-corrected chi connectivity index (χ4v) is 4.16. The van der Waals surface area contributed by atoms with Crippen molar-refractivity contribution in [2.24, 2.45) is 0 Å². The van der Waals surface area contributed by atoms with Crippen LogP contribution in [-0.2, 0) is 9.53 Å². The van der Waals surface area contributed by atoms with Gasteiger partial charge in [0, 0.05) is 37.0 Å². The molecule has 6 nitrogen and oxygen atoms in total. The summed E-state index contributed by atoms with van der Waals surface area (Å²) in [5, 5.41) is 7.64. The van der Waals surface area contributed by atoms with Crippen LogP contribution in [0, 0.1) is 19.7 Å². The Balaban J connectivity index is 1.45. The number of nitrogens with zero attached hydrogens (tertiary/aromatic N) is 3. The second-order valence-corrected chi connectivity index (χ2v) is 8.13. The normalized spacial score (nSPS) is 15.6. The molecule has 2 aromatic carbocycles. The summed E-state index contributed by atoms with van der Waals surface area (Å²) in [7, 11) is 0. The Morgan fingerprint density at radius 2 is 1.82 bits per heavy atom. The van der Waals surface area contributed by atoms with Gasteiger partial charge in [-0.3, -0.25) is 9.69 Å². The molecular formula is C26H29FN4O2. The summed E-state index contributed by atoms with van der Waals surface area (Å²) in [6.07, 6.45) is 3.36. The third-order valence-corrected chi connectivity index (χ3v) is 5.96. The number of carbonyl (C=O) groups is 1. The van der Waals surface area contributed by atoms with Gasteiger partial charge in [0.25, 0.3) is 0 Å². The topological polar surface area (TPSA) is 59.4 Å². The fourth-order valence-electron chi connectivity index (χ4n) is 4.16. The lowest BCUT2D eigenvalue weighted by Crippen LogP contribution is -2.43. The van der Waals surface area contributed by atoms with Gasteiger partial charge in [-0.05, 0) is 49.8 Å². The summed E-state index contributed by atoms with van der Waals surface area (Å²) in [6.45, 7) is 7.19. The monoisotopic (exact) mass is 448 g/mol. The van der Waals surface area contributed by atoms with Crippen LogP contribution in [0.4, 0.5) is 4.39 Å². The van der Waals surface area contributed by atoms with Gasteiger partial charge in [-0.1, -0.05) is 30.3 Å². The highest BCUT2D eigenvalue weighted by Gasteiger charge is 2.23. The maximum Gasteiger partial charge on any atom is 0.244 e. The zero-order chi connectivity index (χ0) is 23.2. The molecule has 1 amide bonds. The molecule has 1 fully saturated rings. The number of aromatic nitrogens is 2. The van der Waals surface area contributed by atoms with E-state index in [1.165, 1.54) is 12.1 Å². The van der Waals surface area contributed by atoms with E-state index in [1.54, 1.807) is 18.2 Å². The molecule has 1 aliphatic rings. The number of hydrogen-bond donors (Lipinski definition) is 1. The predicted octanol–water partition coefficient (Wildman–Crippen LogP) is 3.83. The molecule has 0 radical (unpaired) electrons. The number of nitrogens with one attached hydrogen (secondary N) is 1. The molecule has 4 rings (SSSR count). The Hall–Kier alpha value is -3.29. The lowest BCUT2D eigenvalue weighted by atomic mass is 10.0. The van der Waals surface area contributed by atoms with E-state index in [9.17, 15) is 9.18 Å². The number of hydrogen-bond acceptors (Lipinski definition) is 4. The molecule has 1 N–H and O–H groups in total. The Labute approximate surface area is 193 Å². The Morgan fingerprint density at radius 3 is 2.52 bits per heavy atom. The minimum Gasteiger partial charge on any atom is -0.379 e. The summed E-state index contributed by atoms with van der Waals surface area (Å²) in [6, 6.07) is 16.3. The van der Waals surface area contributed by atoms with Crippen molar-refractivity contribution in [3.05, 3.63) is 89.0 Å². The quantitative estimate of drug-likeness (QED) is 0.558. The number of benzene rings is 2. The van der Waals surface area contributed by atoms with Gasteiger partial charge in [-0.25, -0.2) is 9.07 Å². The van der Waals surface area contributed by atoms with Gasteiger partial charge in [0.05, 0.1) is 30.6 Å². The first-order valence-corrected chi connectivity index (χ1v) is 11.2. The van der Waals surface area contributed by atoms with Crippen molar-refractivity contribution in [3.8, 4) is 5.69 Å². The van der Waals surface area contributed by atoms with Gasteiger partial charge in [-0.15, -0.1) is 0 Å². The second kappa shape index (κ2) is 10.6. The third kappa shape index (κ3) is 5.56. The molecule has 0 bridgehead atoms. The largest absolute Gasteiger partial charge is 0.379 e. The molecule has 1 saturated heterocycles. The van der Waals surface area contributed by atoms with Crippen LogP contribution in [-0.4, -0.2) is 53.4 Å². The number of carbonyl (C=O) groups excluding carboxylic acids is 1. The van der Waals surface area contributed by atoms with E-state index in [0.29, 0.717) is 19.8 Å². The smallest absolute Gasteiger partial charge is 0.244 e. The Kier molecular flexibility index (Phi) is 7.32. The zero-order valence-corrected chi connectivity index (χ0v) is 19.0. The van der Waals surface area contributed by atoms with E-state index in [1.807, 2.05) is 54.9 Å². The fraction of sp³-hybridized carbons (Fsp3) is 0.308. The van der Waals surface area contributed by atoms with Gasteiger partial charge in [0.2, 0.25) is 5.91 Å². The first kappa shape index (κ1) is 22.9. The summed E-state index contributed by atoms with van der Waals surface area (Å²) in [5.41, 5.74) is 4.71. The molecule has 0 spiro atoms. The van der Waals surface area contributed by atoms with E-state index < -0.39 is 0 Å². The van der Waals surface area contributed by atoms with Crippen LogP contribution in [0.3, 0.4) is 0 Å². The van der Waals surface area contributed by atoms with Crippen LogP contribution in [0.15, 0.2) is 60.7 Å². The highest BCUT2D eigenvalue weighted by Crippen LogP contribution is 2.22. The van der Waals surface area contributed by atoms with Crippen molar-refractivity contribution in [2.45, 2.75) is 19.9 Å². The van der Waals surface area contributed by atoms with Crippen molar-refractivity contribution in [2.75, 3.05) is 32.8 Å². The van der Waals surface area contributed by atoms with E-state index in [2.05, 4.69) is 15.3 Å². The predicted molar refractivity (Wildman–Crippen MR) is 127 cm³/mol. The average Bonchev–Trinajstić information content (AvgIpc) is 3.13. The molecular weight excluding hydrogens is 419 g/mol. The van der Waals surface area contributed by atoms with Crippen LogP contribution in [0.1, 0.15) is 28.6 Å². The van der Waals surface area contributed by atoms with E-state index in [4.69, 9.17) is 4.74 Å². The van der Waals surface area contributed by atoms with E-state index >= 15 is 0 Å². The number of ether oxygens (including phenoxy) is 1. The number of amides is 1. The van der Waals surface area contributed by atoms with Crippen molar-refractivity contribution in [1.82, 2.24) is 20.0 Å². The zero-order valence-electron chi connectivity index (χ0n) is 19.0. The van der Waals surface area contributed by atoms with Crippen LogP contribution in [0.2, 0.25) is 0 Å². The lowest BCUT2D eigenvalue weighted by molar-refractivity contribution is -0.116. The molecule has 1 aromatic heterocycles. The van der Waals surface area contributed by atoms with Crippen LogP contribution in [0.5, 0.6) is 0 Å². The first-order chi connectivity index (χ1) is 16.0. The van der Waals surface area contributed by atoms with Gasteiger partial charge in [0.1, 0.15) is 5.82 Å². The maximum atomic E-state index is 13.4. The number of morpholine rings is 1. The van der Waals surface area contributed by atoms with Crippen molar-refractivity contribution < 1.29 is 13.9 Å². The minimum absolute atomic E-state index is 0.0452. The SMILES string of the molecule is Cc1nn(-c2ccccc2)c(C)c1/C=C/C(=O)NCC(c1ccc(F)cc1)N1CCOCC1. The standard InChI is InChI=1S/C26H29FN4O2/c1-19-24(20(2)31(29-19)23-6-4-3-5-7-23)12-13-26(32)28-18-25(30-14-16-33-17-15-30)21-8-10-22(27)11-9-21/h3-13,25H,14-18H2,1-2H3,(H,28,32)/b13-12+. The van der Waals surface area contributed by atoms with Crippen LogP contribution < -0.4 is 5.32 Å². The van der Waals surface area contributed by atoms with Gasteiger partial charge >= 0.3 is 0 Å². The number of para-hydroxylation sites is 1. The van der Waals surface area contributed by atoms with Crippen molar-refractivity contribution in [1.29, 1.82) is 0 Å². The summed E-state index contributed by atoms with van der Waals surface area (Å²) < 4.78 is 20.8. The van der Waals surface area contributed by atoms with Gasteiger partial charge in [-0.2, -0.15) is 5.10 Å². The van der Waals surface area contributed by atoms with Crippen LogP contribution in [0.25, 0.3) is 11.8 Å². The van der Waals surface area contributed by atoms with Crippen LogP contribution >= 0.6 is 0 Å². The number of halogens is 1. The second-order valence-electron chi connectivity index (χ2n) is 8.13. The summed E-state index contributed by atoms with van der Waals surface area (Å²) in [5.74, 6) is -0.449. The number of aryl methyl sites for hydroxylation is 1. The lowest BCUT2D eigenvalue weighted by Gasteiger charge is -2.34. The summed E-state index contributed by atoms with van der Waals surface area (Å²) in [4.78, 5) is 14.9. The Morgan fingerprint density at radius 1 is 1.12 bits per heavy atom. The maximum absolute atomic E-state index is 13.4. The molecule has 33 heavy (non-hydrogen) atoms. The van der Waals surface area contributed by atoms with Crippen molar-refractivity contribution in [3.63, 3.8) is 0 Å².